The zero-order valence-electron chi connectivity index (χ0n) is 14.7. The van der Waals surface area contributed by atoms with E-state index in [4.69, 9.17) is 0 Å². The summed E-state index contributed by atoms with van der Waals surface area (Å²) >= 11 is 0. The lowest BCUT2D eigenvalue weighted by Gasteiger charge is -2.37. The third kappa shape index (κ3) is 3.61. The van der Waals surface area contributed by atoms with Crippen molar-refractivity contribution in [3.63, 3.8) is 0 Å². The highest BCUT2D eigenvalue weighted by atomic mass is 16.2. The highest BCUT2D eigenvalue weighted by Gasteiger charge is 2.28. The Hall–Kier alpha value is -1.88. The minimum Gasteiger partial charge on any atom is -0.339 e. The van der Waals surface area contributed by atoms with Gasteiger partial charge in [0.05, 0.1) is 0 Å². The molecule has 0 atom stereocenters. The summed E-state index contributed by atoms with van der Waals surface area (Å²) in [5.74, 6) is 0.123. The van der Waals surface area contributed by atoms with E-state index in [0.717, 1.165) is 44.7 Å². The van der Waals surface area contributed by atoms with Crippen molar-refractivity contribution in [3.05, 3.63) is 29.8 Å². The van der Waals surface area contributed by atoms with Gasteiger partial charge in [-0.3, -0.25) is 14.5 Å². The number of piperazine rings is 1. The maximum atomic E-state index is 12.7. The summed E-state index contributed by atoms with van der Waals surface area (Å²) in [6.07, 6.45) is 2.27. The topological polar surface area (TPSA) is 43.9 Å². The van der Waals surface area contributed by atoms with Crippen LogP contribution in [0.25, 0.3) is 0 Å². The molecule has 1 aromatic rings. The van der Waals surface area contributed by atoms with Crippen molar-refractivity contribution in [2.24, 2.45) is 0 Å². The van der Waals surface area contributed by atoms with Crippen LogP contribution in [0.15, 0.2) is 24.3 Å². The summed E-state index contributed by atoms with van der Waals surface area (Å²) in [6, 6.07) is 8.48. The molecule has 0 unspecified atom stereocenters. The normalized spacial score (nSPS) is 19.4. The molecule has 24 heavy (non-hydrogen) atoms. The van der Waals surface area contributed by atoms with E-state index in [-0.39, 0.29) is 18.4 Å². The van der Waals surface area contributed by atoms with Gasteiger partial charge in [0, 0.05) is 44.3 Å². The molecular formula is C19H27N3O2. The van der Waals surface area contributed by atoms with Gasteiger partial charge in [-0.25, -0.2) is 0 Å². The maximum Gasteiger partial charge on any atom is 0.242 e. The number of fused-ring (bicyclic) bond motifs is 1. The fourth-order valence-electron chi connectivity index (χ4n) is 3.58. The third-order valence-electron chi connectivity index (χ3n) is 5.11. The predicted octanol–water partition coefficient (Wildman–Crippen LogP) is 1.91. The van der Waals surface area contributed by atoms with Crippen molar-refractivity contribution in [2.45, 2.75) is 39.2 Å². The number of aryl methyl sites for hydroxylation is 1. The second kappa shape index (κ2) is 7.34. The molecule has 1 saturated heterocycles. The maximum absolute atomic E-state index is 12.7. The van der Waals surface area contributed by atoms with Gasteiger partial charge in [0.1, 0.15) is 6.54 Å². The Kier molecular flexibility index (Phi) is 5.19. The van der Waals surface area contributed by atoms with E-state index in [2.05, 4.69) is 24.8 Å². The van der Waals surface area contributed by atoms with E-state index in [1.54, 1.807) is 4.90 Å². The van der Waals surface area contributed by atoms with Crippen molar-refractivity contribution in [3.8, 4) is 0 Å². The number of para-hydroxylation sites is 1. The molecule has 2 aliphatic heterocycles. The zero-order valence-corrected chi connectivity index (χ0v) is 14.7. The highest BCUT2D eigenvalue weighted by molar-refractivity contribution is 5.99. The fraction of sp³-hybridized carbons (Fsp3) is 0.579. The van der Waals surface area contributed by atoms with Gasteiger partial charge >= 0.3 is 0 Å². The Labute approximate surface area is 144 Å². The van der Waals surface area contributed by atoms with Crippen LogP contribution in [0.1, 0.15) is 32.3 Å². The van der Waals surface area contributed by atoms with E-state index in [1.807, 2.05) is 23.1 Å². The van der Waals surface area contributed by atoms with Crippen LogP contribution < -0.4 is 4.90 Å². The Morgan fingerprint density at radius 1 is 1.08 bits per heavy atom. The van der Waals surface area contributed by atoms with Crippen molar-refractivity contribution in [2.75, 3.05) is 37.6 Å². The van der Waals surface area contributed by atoms with Gasteiger partial charge in [-0.05, 0) is 38.3 Å². The van der Waals surface area contributed by atoms with Crippen molar-refractivity contribution < 1.29 is 9.59 Å². The van der Waals surface area contributed by atoms with Gasteiger partial charge < -0.3 is 9.80 Å². The zero-order chi connectivity index (χ0) is 17.1. The molecule has 3 rings (SSSR count). The van der Waals surface area contributed by atoms with Crippen LogP contribution >= 0.6 is 0 Å². The first kappa shape index (κ1) is 17.0. The van der Waals surface area contributed by atoms with Gasteiger partial charge in [0.25, 0.3) is 0 Å². The van der Waals surface area contributed by atoms with Gasteiger partial charge in [-0.15, -0.1) is 0 Å². The predicted molar refractivity (Wildman–Crippen MR) is 95.0 cm³/mol. The number of carbonyl (C=O) groups excluding carboxylic acids is 2. The average Bonchev–Trinajstić information content (AvgIpc) is 2.74. The minimum absolute atomic E-state index is 0.0588. The van der Waals surface area contributed by atoms with Gasteiger partial charge in [-0.2, -0.15) is 0 Å². The number of nitrogens with zero attached hydrogens (tertiary/aromatic N) is 3. The first-order valence-corrected chi connectivity index (χ1v) is 8.96. The Balaban J connectivity index is 1.68. The van der Waals surface area contributed by atoms with Crippen molar-refractivity contribution >= 4 is 17.5 Å². The third-order valence-corrected chi connectivity index (χ3v) is 5.11. The molecule has 1 aromatic carbocycles. The Morgan fingerprint density at radius 2 is 1.79 bits per heavy atom. The summed E-state index contributed by atoms with van der Waals surface area (Å²) < 4.78 is 0. The van der Waals surface area contributed by atoms with Crippen molar-refractivity contribution in [1.82, 2.24) is 9.80 Å². The van der Waals surface area contributed by atoms with E-state index < -0.39 is 0 Å². The average molecular weight is 329 g/mol. The molecule has 130 valence electrons. The fourth-order valence-corrected chi connectivity index (χ4v) is 3.58. The lowest BCUT2D eigenvalue weighted by molar-refractivity contribution is -0.133. The Bertz CT molecular complexity index is 606. The summed E-state index contributed by atoms with van der Waals surface area (Å²) in [4.78, 5) is 31.2. The van der Waals surface area contributed by atoms with E-state index in [9.17, 15) is 9.59 Å². The lowest BCUT2D eigenvalue weighted by atomic mass is 10.1. The summed E-state index contributed by atoms with van der Waals surface area (Å²) in [6.45, 7) is 7.86. The van der Waals surface area contributed by atoms with E-state index in [0.29, 0.717) is 12.5 Å². The summed E-state index contributed by atoms with van der Waals surface area (Å²) in [5, 5.41) is 0. The molecule has 0 spiro atoms. The number of benzene rings is 1. The molecule has 0 bridgehead atoms. The van der Waals surface area contributed by atoms with E-state index in [1.165, 1.54) is 5.56 Å². The number of hydrogen-bond acceptors (Lipinski definition) is 3. The smallest absolute Gasteiger partial charge is 0.242 e. The van der Waals surface area contributed by atoms with E-state index >= 15 is 0 Å². The second-order valence-corrected chi connectivity index (χ2v) is 6.97. The molecule has 5 heteroatoms. The van der Waals surface area contributed by atoms with Gasteiger partial charge in [0.2, 0.25) is 11.8 Å². The molecule has 0 aromatic heterocycles. The first-order valence-electron chi connectivity index (χ1n) is 8.96. The highest BCUT2D eigenvalue weighted by Crippen LogP contribution is 2.26. The van der Waals surface area contributed by atoms with Crippen molar-refractivity contribution in [1.29, 1.82) is 0 Å². The number of carbonyl (C=O) groups is 2. The minimum atomic E-state index is 0.0588. The molecule has 2 aliphatic rings. The molecule has 1 fully saturated rings. The van der Waals surface area contributed by atoms with Gasteiger partial charge in [0.15, 0.2) is 0 Å². The number of amides is 2. The molecule has 0 saturated carbocycles. The largest absolute Gasteiger partial charge is 0.339 e. The molecule has 2 heterocycles. The molecule has 0 radical (unpaired) electrons. The van der Waals surface area contributed by atoms with Crippen LogP contribution in [-0.4, -0.2) is 60.4 Å². The van der Waals surface area contributed by atoms with Crippen LogP contribution in [0.3, 0.4) is 0 Å². The van der Waals surface area contributed by atoms with Crippen LogP contribution in [0, 0.1) is 0 Å². The molecule has 0 aliphatic carbocycles. The lowest BCUT2D eigenvalue weighted by Crippen LogP contribution is -2.53. The van der Waals surface area contributed by atoms with Crippen LogP contribution in [0.5, 0.6) is 0 Å². The SMILES string of the molecule is CC(C)N1CCN(C(=O)CN2C(=O)CCCc3ccccc32)CC1. The molecule has 0 N–H and O–H groups in total. The molecule has 5 nitrogen and oxygen atoms in total. The Morgan fingerprint density at radius 3 is 2.50 bits per heavy atom. The number of rotatable bonds is 3. The van der Waals surface area contributed by atoms with Crippen LogP contribution in [0.2, 0.25) is 0 Å². The monoisotopic (exact) mass is 329 g/mol. The number of hydrogen-bond donors (Lipinski definition) is 0. The second-order valence-electron chi connectivity index (χ2n) is 6.97. The van der Waals surface area contributed by atoms with Crippen LogP contribution in [0.4, 0.5) is 5.69 Å². The first-order chi connectivity index (χ1) is 11.6. The summed E-state index contributed by atoms with van der Waals surface area (Å²) in [7, 11) is 0. The molecule has 2 amide bonds. The molecular weight excluding hydrogens is 302 g/mol. The number of anilines is 1. The quantitative estimate of drug-likeness (QED) is 0.851. The standard InChI is InChI=1S/C19H27N3O2/c1-15(2)20-10-12-21(13-11-20)19(24)14-22-17-8-4-3-6-16(17)7-5-9-18(22)23/h3-4,6,8,15H,5,7,9-14H2,1-2H3. The summed E-state index contributed by atoms with van der Waals surface area (Å²) in [5.41, 5.74) is 2.08. The van der Waals surface area contributed by atoms with Crippen LogP contribution in [-0.2, 0) is 16.0 Å². The van der Waals surface area contributed by atoms with Gasteiger partial charge in [-0.1, -0.05) is 18.2 Å².